The zero-order valence-corrected chi connectivity index (χ0v) is 19.1. The van der Waals surface area contributed by atoms with Crippen LogP contribution in [0, 0.1) is 0 Å². The second-order valence-electron chi connectivity index (χ2n) is 9.04. The summed E-state index contributed by atoms with van der Waals surface area (Å²) in [6.07, 6.45) is 4.57. The highest BCUT2D eigenvalue weighted by Crippen LogP contribution is 2.46. The summed E-state index contributed by atoms with van der Waals surface area (Å²) >= 11 is 0. The van der Waals surface area contributed by atoms with Gasteiger partial charge in [0.05, 0.1) is 0 Å². The Labute approximate surface area is 206 Å². The minimum Gasteiger partial charge on any atom is -0.454 e. The van der Waals surface area contributed by atoms with E-state index in [4.69, 9.17) is 4.57 Å². The van der Waals surface area contributed by atoms with E-state index in [-0.39, 0.29) is 14.1 Å². The van der Waals surface area contributed by atoms with Crippen LogP contribution in [0.25, 0.3) is 23.3 Å². The summed E-state index contributed by atoms with van der Waals surface area (Å²) < 4.78 is 6.84. The van der Waals surface area contributed by atoms with Crippen molar-refractivity contribution in [2.24, 2.45) is 0 Å². The second-order valence-corrected chi connectivity index (χ2v) is 9.04. The van der Waals surface area contributed by atoms with Gasteiger partial charge < -0.3 is 15.0 Å². The fraction of sp³-hybridized carbons (Fsp3) is 0. The number of nitrogens with one attached hydrogen (secondary N) is 2. The van der Waals surface area contributed by atoms with Crippen molar-refractivity contribution in [1.82, 2.24) is 0 Å². The lowest BCUT2D eigenvalue weighted by atomic mass is 9.62. The van der Waals surface area contributed by atoms with Crippen LogP contribution in [0.5, 0.6) is 0 Å². The van der Waals surface area contributed by atoms with E-state index in [1.807, 2.05) is 0 Å². The molecular formula is C30H22B2N2O. The first-order valence-electron chi connectivity index (χ1n) is 12.0. The molecule has 0 bridgehead atoms. The number of benzene rings is 4. The van der Waals surface area contributed by atoms with E-state index in [1.54, 1.807) is 0 Å². The molecule has 3 aliphatic rings. The molecule has 0 atom stereocenters. The summed E-state index contributed by atoms with van der Waals surface area (Å²) in [5.41, 5.74) is 11.5. The third kappa shape index (κ3) is 3.44. The minimum absolute atomic E-state index is 0.299. The smallest absolute Gasteiger partial charge is 0.436 e. The van der Waals surface area contributed by atoms with Crippen LogP contribution in [0.2, 0.25) is 0 Å². The predicted molar refractivity (Wildman–Crippen MR) is 148 cm³/mol. The molecular weight excluding hydrogens is 426 g/mol. The van der Waals surface area contributed by atoms with Crippen molar-refractivity contribution < 1.29 is 4.57 Å². The Balaban J connectivity index is 1.58. The van der Waals surface area contributed by atoms with Crippen molar-refractivity contribution in [1.29, 1.82) is 0 Å². The molecule has 0 radical (unpaired) electrons. The summed E-state index contributed by atoms with van der Waals surface area (Å²) in [5, 5.41) is 7.35. The SMILES string of the molecule is C1=C2B(Nc3ccccc31)OB1Nc3ccccc3C=C1C(c1ccccc1)=C2c1ccccc1. The third-order valence-electron chi connectivity index (χ3n) is 6.91. The van der Waals surface area contributed by atoms with Gasteiger partial charge in [0, 0.05) is 11.4 Å². The summed E-state index contributed by atoms with van der Waals surface area (Å²) in [5.74, 6) is 0. The predicted octanol–water partition coefficient (Wildman–Crippen LogP) is 6.70. The first-order valence-corrected chi connectivity index (χ1v) is 12.0. The van der Waals surface area contributed by atoms with Gasteiger partial charge in [-0.2, -0.15) is 0 Å². The van der Waals surface area contributed by atoms with Crippen LogP contribution in [0.15, 0.2) is 120 Å². The van der Waals surface area contributed by atoms with E-state index in [0.29, 0.717) is 0 Å². The number of anilines is 2. The fourth-order valence-corrected chi connectivity index (χ4v) is 5.31. The molecule has 0 unspecified atom stereocenters. The number of allylic oxidation sites excluding steroid dienone is 4. The molecule has 0 saturated carbocycles. The summed E-state index contributed by atoms with van der Waals surface area (Å²) in [6, 6.07) is 38.2. The monoisotopic (exact) mass is 448 g/mol. The summed E-state index contributed by atoms with van der Waals surface area (Å²) in [7, 11) is -0.597. The Hall–Kier alpha value is -4.21. The number of hydrogen-bond donors (Lipinski definition) is 2. The Bertz CT molecular complexity index is 1410. The highest BCUT2D eigenvalue weighted by molar-refractivity contribution is 6.83. The zero-order valence-electron chi connectivity index (χ0n) is 19.1. The molecule has 7 rings (SSSR count). The minimum atomic E-state index is -0.299. The van der Waals surface area contributed by atoms with Crippen LogP contribution in [-0.4, -0.2) is 14.1 Å². The Morgan fingerprint density at radius 1 is 0.457 bits per heavy atom. The Kier molecular flexibility index (Phi) is 4.74. The first-order chi connectivity index (χ1) is 17.3. The van der Waals surface area contributed by atoms with Gasteiger partial charge in [-0.25, -0.2) is 0 Å². The van der Waals surface area contributed by atoms with Gasteiger partial charge in [0.2, 0.25) is 0 Å². The van der Waals surface area contributed by atoms with Crippen LogP contribution in [0.4, 0.5) is 11.4 Å². The van der Waals surface area contributed by atoms with E-state index in [2.05, 4.69) is 132 Å². The van der Waals surface area contributed by atoms with Gasteiger partial charge in [-0.15, -0.1) is 0 Å². The van der Waals surface area contributed by atoms with Crippen molar-refractivity contribution >= 4 is 48.8 Å². The highest BCUT2D eigenvalue weighted by atomic mass is 16.4. The number of fused-ring (bicyclic) bond motifs is 4. The molecule has 5 heteroatoms. The second kappa shape index (κ2) is 8.23. The maximum Gasteiger partial charge on any atom is 0.436 e. The van der Waals surface area contributed by atoms with Crippen LogP contribution in [0.1, 0.15) is 22.3 Å². The molecule has 0 saturated heterocycles. The van der Waals surface area contributed by atoms with Crippen LogP contribution in [-0.2, 0) is 4.57 Å². The number of hydrogen-bond acceptors (Lipinski definition) is 3. The first kappa shape index (κ1) is 20.2. The number of para-hydroxylation sites is 2. The standard InChI is InChI=1S/C30H22B2N2O/c1-3-11-21(12-4-1)29-25-19-23-15-7-9-17-27(23)33-31(25)35-32-26(30(29)22-13-5-2-6-14-22)20-24-16-8-10-18-28(24)34-32/h1-20,33-34H. The molecule has 0 aromatic heterocycles. The molecule has 0 fully saturated rings. The van der Waals surface area contributed by atoms with Gasteiger partial charge in [-0.05, 0) is 56.5 Å². The molecule has 0 amide bonds. The molecule has 2 N–H and O–H groups in total. The van der Waals surface area contributed by atoms with E-state index in [1.165, 1.54) is 33.4 Å². The molecule has 0 spiro atoms. The van der Waals surface area contributed by atoms with E-state index in [9.17, 15) is 0 Å². The average molecular weight is 448 g/mol. The van der Waals surface area contributed by atoms with Gasteiger partial charge >= 0.3 is 14.1 Å². The maximum atomic E-state index is 6.84. The van der Waals surface area contributed by atoms with Crippen LogP contribution < -0.4 is 10.5 Å². The molecule has 4 aromatic rings. The molecule has 4 aromatic carbocycles. The average Bonchev–Trinajstić information content (AvgIpc) is 3.05. The topological polar surface area (TPSA) is 33.3 Å². The van der Waals surface area contributed by atoms with Gasteiger partial charge in [-0.3, -0.25) is 0 Å². The Morgan fingerprint density at radius 3 is 1.31 bits per heavy atom. The maximum absolute atomic E-state index is 6.84. The largest absolute Gasteiger partial charge is 0.454 e. The number of rotatable bonds is 2. The van der Waals surface area contributed by atoms with Crippen LogP contribution >= 0.6 is 0 Å². The van der Waals surface area contributed by atoms with Crippen molar-refractivity contribution in [3.63, 3.8) is 0 Å². The fourth-order valence-electron chi connectivity index (χ4n) is 5.31. The van der Waals surface area contributed by atoms with Crippen LogP contribution in [0.3, 0.4) is 0 Å². The lowest BCUT2D eigenvalue weighted by Gasteiger charge is -2.28. The van der Waals surface area contributed by atoms with Gasteiger partial charge in [0.25, 0.3) is 0 Å². The van der Waals surface area contributed by atoms with E-state index < -0.39 is 0 Å². The van der Waals surface area contributed by atoms with Gasteiger partial charge in [-0.1, -0.05) is 109 Å². The van der Waals surface area contributed by atoms with Crippen molar-refractivity contribution in [2.45, 2.75) is 0 Å². The van der Waals surface area contributed by atoms with Crippen molar-refractivity contribution in [3.8, 4) is 0 Å². The Morgan fingerprint density at radius 2 is 0.857 bits per heavy atom. The van der Waals surface area contributed by atoms with E-state index >= 15 is 0 Å². The summed E-state index contributed by atoms with van der Waals surface area (Å²) in [6.45, 7) is 0. The van der Waals surface area contributed by atoms with Gasteiger partial charge in [0.1, 0.15) is 0 Å². The molecule has 3 heterocycles. The highest BCUT2D eigenvalue weighted by Gasteiger charge is 2.43. The lowest BCUT2D eigenvalue weighted by Crippen LogP contribution is -2.43. The summed E-state index contributed by atoms with van der Waals surface area (Å²) in [4.78, 5) is 0. The normalized spacial score (nSPS) is 15.9. The van der Waals surface area contributed by atoms with Crippen molar-refractivity contribution in [3.05, 3.63) is 142 Å². The van der Waals surface area contributed by atoms with Gasteiger partial charge in [0.15, 0.2) is 0 Å². The molecule has 3 aliphatic heterocycles. The van der Waals surface area contributed by atoms with E-state index in [0.717, 1.165) is 22.3 Å². The lowest BCUT2D eigenvalue weighted by molar-refractivity contribution is 0.614. The van der Waals surface area contributed by atoms with Crippen molar-refractivity contribution in [2.75, 3.05) is 10.5 Å². The molecule has 3 nitrogen and oxygen atoms in total. The zero-order chi connectivity index (χ0) is 23.2. The molecule has 0 aliphatic carbocycles. The third-order valence-corrected chi connectivity index (χ3v) is 6.91. The molecule has 164 valence electrons. The molecule has 35 heavy (non-hydrogen) atoms. The quantitative estimate of drug-likeness (QED) is 0.335.